The van der Waals surface area contributed by atoms with Crippen molar-refractivity contribution >= 4 is 23.5 Å². The highest BCUT2D eigenvalue weighted by molar-refractivity contribution is 7.98. The first-order valence-corrected chi connectivity index (χ1v) is 5.88. The molecule has 2 atom stereocenters. The topological polar surface area (TPSA) is 71.0 Å². The van der Waals surface area contributed by atoms with Gasteiger partial charge in [0.2, 0.25) is 0 Å². The summed E-state index contributed by atoms with van der Waals surface area (Å²) in [5.41, 5.74) is 3.71. The smallest absolute Gasteiger partial charge is 0.303 e. The maximum absolute atomic E-state index is 11.1. The number of Topliss-reactive ketones (excluding diaryl/α,β-unsaturated/α-hetero) is 1. The first-order valence-electron chi connectivity index (χ1n) is 4.48. The molecule has 0 aliphatic rings. The van der Waals surface area contributed by atoms with Crippen molar-refractivity contribution < 1.29 is 20.1 Å². The van der Waals surface area contributed by atoms with E-state index in [9.17, 15) is 9.59 Å². The van der Waals surface area contributed by atoms with Crippen molar-refractivity contribution in [3.05, 3.63) is 0 Å². The summed E-state index contributed by atoms with van der Waals surface area (Å²) in [6.07, 6.45) is 2.27. The van der Waals surface area contributed by atoms with Gasteiger partial charge in [-0.15, -0.1) is 0 Å². The van der Waals surface area contributed by atoms with Crippen LogP contribution >= 0.6 is 11.8 Å². The second-order valence-electron chi connectivity index (χ2n) is 3.15. The summed E-state index contributed by atoms with van der Waals surface area (Å²) in [7, 11) is 0. The Morgan fingerprint density at radius 3 is 2.36 bits per heavy atom. The molecule has 0 aromatic carbocycles. The summed E-state index contributed by atoms with van der Waals surface area (Å²) < 4.78 is 5.04. The number of hydrogen-bond acceptors (Lipinski definition) is 4. The van der Waals surface area contributed by atoms with Gasteiger partial charge in [0, 0.05) is 13.8 Å². The average molecular weight is 220 g/mol. The van der Waals surface area contributed by atoms with E-state index < -0.39 is 6.04 Å². The molecule has 0 radical (unpaired) electrons. The van der Waals surface area contributed by atoms with Crippen molar-refractivity contribution in [3.8, 4) is 0 Å². The highest BCUT2D eigenvalue weighted by atomic mass is 32.2. The van der Waals surface area contributed by atoms with Crippen LogP contribution < -0.4 is 5.73 Å². The Labute approximate surface area is 88.6 Å². The molecule has 0 amide bonds. The van der Waals surface area contributed by atoms with Gasteiger partial charge in [-0.1, -0.05) is 0 Å². The number of hydrogen-bond donors (Lipinski definition) is 1. The Bertz CT molecular complexity index is 208. The number of esters is 1. The van der Waals surface area contributed by atoms with Gasteiger partial charge in [-0.3, -0.25) is 9.59 Å². The second-order valence-corrected chi connectivity index (χ2v) is 4.13. The lowest BCUT2D eigenvalue weighted by Gasteiger charge is -2.18. The number of quaternary nitrogens is 1. The van der Waals surface area contributed by atoms with E-state index in [1.807, 2.05) is 6.26 Å². The minimum atomic E-state index is -0.453. The fourth-order valence-electron chi connectivity index (χ4n) is 1.05. The minimum Gasteiger partial charge on any atom is -0.456 e. The lowest BCUT2D eigenvalue weighted by molar-refractivity contribution is -0.419. The van der Waals surface area contributed by atoms with Gasteiger partial charge in [0.05, 0.1) is 0 Å². The molecule has 0 rings (SSSR count). The van der Waals surface area contributed by atoms with Crippen molar-refractivity contribution in [1.29, 1.82) is 0 Å². The normalized spacial score (nSPS) is 14.6. The molecule has 14 heavy (non-hydrogen) atoms. The molecule has 5 heteroatoms. The van der Waals surface area contributed by atoms with Crippen LogP contribution in [0.1, 0.15) is 20.3 Å². The molecule has 82 valence electrons. The number of ketones is 1. The van der Waals surface area contributed by atoms with Crippen LogP contribution in [0.4, 0.5) is 0 Å². The summed E-state index contributed by atoms with van der Waals surface area (Å²) in [5.74, 6) is 0.459. The molecule has 4 nitrogen and oxygen atoms in total. The molecule has 2 unspecified atom stereocenters. The summed E-state index contributed by atoms with van der Waals surface area (Å²) in [6, 6.07) is -0.453. The Balaban J connectivity index is 4.22. The van der Waals surface area contributed by atoms with Crippen LogP contribution in [0.2, 0.25) is 0 Å². The molecule has 0 saturated carbocycles. The van der Waals surface area contributed by atoms with E-state index in [1.165, 1.54) is 13.8 Å². The molecule has 0 spiro atoms. The van der Waals surface area contributed by atoms with Crippen LogP contribution in [0.25, 0.3) is 0 Å². The van der Waals surface area contributed by atoms with E-state index >= 15 is 0 Å². The summed E-state index contributed by atoms with van der Waals surface area (Å²) in [6.45, 7) is 2.81. The van der Waals surface area contributed by atoms with Crippen molar-refractivity contribution in [2.75, 3.05) is 12.0 Å². The van der Waals surface area contributed by atoms with E-state index in [0.29, 0.717) is 6.42 Å². The standard InChI is InChI=1S/C9H17NO3S/c1-6(11)9(10)8(4-5-14-3)13-7(2)12/h8-9H,4-5,10H2,1-3H3/p+1. The lowest BCUT2D eigenvalue weighted by Crippen LogP contribution is -2.70. The average Bonchev–Trinajstić information content (AvgIpc) is 2.10. The van der Waals surface area contributed by atoms with Crippen LogP contribution in [0.15, 0.2) is 0 Å². The fourth-order valence-corrected chi connectivity index (χ4v) is 1.52. The maximum Gasteiger partial charge on any atom is 0.303 e. The number of thioether (sulfide) groups is 1. The van der Waals surface area contributed by atoms with Gasteiger partial charge in [0.25, 0.3) is 0 Å². The molecule has 0 aromatic rings. The van der Waals surface area contributed by atoms with E-state index in [4.69, 9.17) is 4.74 Å². The first kappa shape index (κ1) is 13.4. The summed E-state index contributed by atoms with van der Waals surface area (Å²) >= 11 is 1.66. The van der Waals surface area contributed by atoms with E-state index in [0.717, 1.165) is 5.75 Å². The zero-order valence-electron chi connectivity index (χ0n) is 8.91. The number of carbonyl (C=O) groups excluding carboxylic acids is 2. The largest absolute Gasteiger partial charge is 0.456 e. The first-order chi connectivity index (χ1) is 6.49. The third-order valence-electron chi connectivity index (χ3n) is 1.89. The third-order valence-corrected chi connectivity index (χ3v) is 2.54. The van der Waals surface area contributed by atoms with Crippen LogP contribution in [0.3, 0.4) is 0 Å². The van der Waals surface area contributed by atoms with Gasteiger partial charge in [-0.25, -0.2) is 0 Å². The summed E-state index contributed by atoms with van der Waals surface area (Å²) in [4.78, 5) is 21.8. The SMILES string of the molecule is CSCCC(OC(C)=O)C([NH3+])C(C)=O. The van der Waals surface area contributed by atoms with Crippen molar-refractivity contribution in [2.45, 2.75) is 32.4 Å². The zero-order chi connectivity index (χ0) is 11.1. The van der Waals surface area contributed by atoms with E-state index in [1.54, 1.807) is 11.8 Å². The molecule has 3 N–H and O–H groups in total. The quantitative estimate of drug-likeness (QED) is 0.633. The molecule has 0 aliphatic heterocycles. The second kappa shape index (κ2) is 6.84. The number of ether oxygens (including phenoxy) is 1. The molecule has 0 heterocycles. The molecular formula is C9H18NO3S+. The summed E-state index contributed by atoms with van der Waals surface area (Å²) in [5, 5.41) is 0. The molecular weight excluding hydrogens is 202 g/mol. The molecule has 0 saturated heterocycles. The highest BCUT2D eigenvalue weighted by Crippen LogP contribution is 2.07. The molecule has 0 bridgehead atoms. The Hall–Kier alpha value is -0.550. The lowest BCUT2D eigenvalue weighted by atomic mass is 10.1. The van der Waals surface area contributed by atoms with Crippen molar-refractivity contribution in [3.63, 3.8) is 0 Å². The van der Waals surface area contributed by atoms with Gasteiger partial charge >= 0.3 is 5.97 Å². The van der Waals surface area contributed by atoms with Gasteiger partial charge in [0.15, 0.2) is 17.9 Å². The van der Waals surface area contributed by atoms with Crippen molar-refractivity contribution in [1.82, 2.24) is 0 Å². The maximum atomic E-state index is 11.1. The van der Waals surface area contributed by atoms with Gasteiger partial charge in [0.1, 0.15) is 0 Å². The van der Waals surface area contributed by atoms with Crippen LogP contribution in [0, 0.1) is 0 Å². The Kier molecular flexibility index (Phi) is 6.57. The van der Waals surface area contributed by atoms with E-state index in [-0.39, 0.29) is 17.9 Å². The fraction of sp³-hybridized carbons (Fsp3) is 0.778. The molecule has 0 aromatic heterocycles. The monoisotopic (exact) mass is 220 g/mol. The van der Waals surface area contributed by atoms with Crippen LogP contribution in [-0.4, -0.2) is 35.9 Å². The van der Waals surface area contributed by atoms with Gasteiger partial charge in [-0.05, 0) is 18.4 Å². The molecule has 0 aliphatic carbocycles. The number of carbonyl (C=O) groups is 2. The predicted molar refractivity (Wildman–Crippen MR) is 55.9 cm³/mol. The predicted octanol–water partition coefficient (Wildman–Crippen LogP) is -0.129. The third kappa shape index (κ3) is 5.24. The highest BCUT2D eigenvalue weighted by Gasteiger charge is 2.27. The molecule has 0 fully saturated rings. The van der Waals surface area contributed by atoms with Crippen LogP contribution in [0.5, 0.6) is 0 Å². The zero-order valence-corrected chi connectivity index (χ0v) is 9.73. The van der Waals surface area contributed by atoms with Gasteiger partial charge < -0.3 is 10.5 Å². The minimum absolute atomic E-state index is 0.0441. The van der Waals surface area contributed by atoms with Gasteiger partial charge in [-0.2, -0.15) is 11.8 Å². The van der Waals surface area contributed by atoms with Crippen molar-refractivity contribution in [2.24, 2.45) is 0 Å². The van der Waals surface area contributed by atoms with Crippen LogP contribution in [-0.2, 0) is 14.3 Å². The van der Waals surface area contributed by atoms with E-state index in [2.05, 4.69) is 5.73 Å². The number of rotatable bonds is 6. The Morgan fingerprint density at radius 2 is 2.00 bits per heavy atom. The Morgan fingerprint density at radius 1 is 1.43 bits per heavy atom.